The van der Waals surface area contributed by atoms with Crippen LogP contribution in [0.15, 0.2) is 46.1 Å². The highest BCUT2D eigenvalue weighted by atomic mass is 35.5. The van der Waals surface area contributed by atoms with Gasteiger partial charge in [0.25, 0.3) is 5.91 Å². The van der Waals surface area contributed by atoms with Crippen LogP contribution in [0.3, 0.4) is 0 Å². The first-order valence-corrected chi connectivity index (χ1v) is 7.16. The molecule has 0 bridgehead atoms. The Balaban J connectivity index is 2.16. The Morgan fingerprint density at radius 1 is 1.29 bits per heavy atom. The van der Waals surface area contributed by atoms with Gasteiger partial charge in [-0.25, -0.2) is 5.43 Å². The fraction of sp³-hybridized carbons (Fsp3) is 0.250. The zero-order valence-corrected chi connectivity index (χ0v) is 12.8. The zero-order valence-electron chi connectivity index (χ0n) is 12.0. The van der Waals surface area contributed by atoms with Crippen LogP contribution in [-0.4, -0.2) is 11.6 Å². The highest BCUT2D eigenvalue weighted by Gasteiger charge is 2.11. The molecule has 0 fully saturated rings. The van der Waals surface area contributed by atoms with Gasteiger partial charge in [0.15, 0.2) is 0 Å². The first-order chi connectivity index (χ1) is 10.1. The van der Waals surface area contributed by atoms with Gasteiger partial charge in [-0.15, -0.1) is 0 Å². The second-order valence-corrected chi connectivity index (χ2v) is 5.08. The number of hydrogen-bond acceptors (Lipinski definition) is 3. The summed E-state index contributed by atoms with van der Waals surface area (Å²) in [5.74, 6) is 0.301. The standard InChI is InChI=1S/C16H17ClN2O2/c1-3-4-15(12-5-7-13(17)8-6-12)18-19-16(20)14-9-10-21-11(14)2/h5-10H,3-4H2,1-2H3,(H,19,20)/b18-15-. The molecule has 2 rings (SSSR count). The van der Waals surface area contributed by atoms with E-state index in [1.807, 2.05) is 24.3 Å². The number of furan rings is 1. The van der Waals surface area contributed by atoms with E-state index in [9.17, 15) is 4.79 Å². The Kier molecular flexibility index (Phi) is 5.17. The lowest BCUT2D eigenvalue weighted by Gasteiger charge is -2.06. The van der Waals surface area contributed by atoms with E-state index in [2.05, 4.69) is 17.5 Å². The summed E-state index contributed by atoms with van der Waals surface area (Å²) in [6.07, 6.45) is 3.19. The lowest BCUT2D eigenvalue weighted by atomic mass is 10.1. The maximum Gasteiger partial charge on any atom is 0.274 e. The zero-order chi connectivity index (χ0) is 15.2. The fourth-order valence-electron chi connectivity index (χ4n) is 1.94. The van der Waals surface area contributed by atoms with Gasteiger partial charge in [0.1, 0.15) is 5.76 Å². The largest absolute Gasteiger partial charge is 0.469 e. The van der Waals surface area contributed by atoms with E-state index >= 15 is 0 Å². The third-order valence-corrected chi connectivity index (χ3v) is 3.31. The summed E-state index contributed by atoms with van der Waals surface area (Å²) >= 11 is 5.89. The minimum atomic E-state index is -0.274. The van der Waals surface area contributed by atoms with Crippen molar-refractivity contribution >= 4 is 23.2 Å². The number of nitrogens with zero attached hydrogens (tertiary/aromatic N) is 1. The SMILES string of the molecule is CCC/C(=N/NC(=O)c1ccoc1C)c1ccc(Cl)cc1. The van der Waals surface area contributed by atoms with Crippen LogP contribution in [-0.2, 0) is 0 Å². The van der Waals surface area contributed by atoms with Gasteiger partial charge < -0.3 is 4.42 Å². The average molecular weight is 305 g/mol. The number of hydrogen-bond donors (Lipinski definition) is 1. The van der Waals surface area contributed by atoms with E-state index in [1.165, 1.54) is 6.26 Å². The molecule has 1 heterocycles. The van der Waals surface area contributed by atoms with Crippen LogP contribution >= 0.6 is 11.6 Å². The highest BCUT2D eigenvalue weighted by molar-refractivity contribution is 6.30. The second kappa shape index (κ2) is 7.09. The van der Waals surface area contributed by atoms with Gasteiger partial charge in [-0.05, 0) is 37.1 Å². The molecule has 110 valence electrons. The van der Waals surface area contributed by atoms with Crippen molar-refractivity contribution in [1.29, 1.82) is 0 Å². The summed E-state index contributed by atoms with van der Waals surface area (Å²) in [4.78, 5) is 12.0. The quantitative estimate of drug-likeness (QED) is 0.665. The van der Waals surface area contributed by atoms with Crippen LogP contribution in [0.5, 0.6) is 0 Å². The van der Waals surface area contributed by atoms with E-state index < -0.39 is 0 Å². The minimum Gasteiger partial charge on any atom is -0.469 e. The molecule has 4 nitrogen and oxygen atoms in total. The number of halogens is 1. The fourth-order valence-corrected chi connectivity index (χ4v) is 2.07. The van der Waals surface area contributed by atoms with E-state index in [0.717, 1.165) is 24.1 Å². The molecular formula is C16H17ClN2O2. The van der Waals surface area contributed by atoms with Gasteiger partial charge >= 0.3 is 0 Å². The van der Waals surface area contributed by atoms with Crippen molar-refractivity contribution in [2.75, 3.05) is 0 Å². The van der Waals surface area contributed by atoms with E-state index in [0.29, 0.717) is 16.3 Å². The molecule has 2 aromatic rings. The minimum absolute atomic E-state index is 0.274. The Morgan fingerprint density at radius 3 is 2.57 bits per heavy atom. The molecule has 1 amide bonds. The lowest BCUT2D eigenvalue weighted by molar-refractivity contribution is 0.0953. The van der Waals surface area contributed by atoms with E-state index in [1.54, 1.807) is 13.0 Å². The van der Waals surface area contributed by atoms with Crippen molar-refractivity contribution in [2.45, 2.75) is 26.7 Å². The van der Waals surface area contributed by atoms with E-state index in [-0.39, 0.29) is 5.91 Å². The topological polar surface area (TPSA) is 54.6 Å². The van der Waals surface area contributed by atoms with Crippen LogP contribution in [0.1, 0.15) is 41.4 Å². The summed E-state index contributed by atoms with van der Waals surface area (Å²) in [5, 5.41) is 4.92. The van der Waals surface area contributed by atoms with Gasteiger partial charge in [-0.2, -0.15) is 5.10 Å². The molecule has 0 radical (unpaired) electrons. The predicted octanol–water partition coefficient (Wildman–Crippen LogP) is 4.18. The molecular weight excluding hydrogens is 288 g/mol. The maximum atomic E-state index is 12.0. The summed E-state index contributed by atoms with van der Waals surface area (Å²) in [6.45, 7) is 3.80. The molecule has 0 unspecified atom stereocenters. The van der Waals surface area contributed by atoms with E-state index in [4.69, 9.17) is 16.0 Å². The third kappa shape index (κ3) is 3.95. The number of benzene rings is 1. The number of nitrogens with one attached hydrogen (secondary N) is 1. The molecule has 0 saturated carbocycles. The molecule has 1 N–H and O–H groups in total. The highest BCUT2D eigenvalue weighted by Crippen LogP contribution is 2.13. The number of rotatable bonds is 5. The Morgan fingerprint density at radius 2 is 2.00 bits per heavy atom. The Bertz CT molecular complexity index is 645. The van der Waals surface area contributed by atoms with Crippen molar-refractivity contribution in [3.05, 3.63) is 58.5 Å². The molecule has 0 aliphatic carbocycles. The molecule has 1 aromatic carbocycles. The van der Waals surface area contributed by atoms with Gasteiger partial charge in [0.05, 0.1) is 17.5 Å². The maximum absolute atomic E-state index is 12.0. The van der Waals surface area contributed by atoms with Crippen LogP contribution in [0, 0.1) is 6.92 Å². The summed E-state index contributed by atoms with van der Waals surface area (Å²) in [5.41, 5.74) is 4.84. The average Bonchev–Trinajstić information content (AvgIpc) is 2.90. The first kappa shape index (κ1) is 15.3. The van der Waals surface area contributed by atoms with Crippen molar-refractivity contribution in [1.82, 2.24) is 5.43 Å². The molecule has 0 aliphatic rings. The van der Waals surface area contributed by atoms with Gasteiger partial charge in [0, 0.05) is 5.02 Å². The lowest BCUT2D eigenvalue weighted by Crippen LogP contribution is -2.20. The molecule has 0 atom stereocenters. The van der Waals surface area contributed by atoms with Crippen molar-refractivity contribution < 1.29 is 9.21 Å². The van der Waals surface area contributed by atoms with Gasteiger partial charge in [0.2, 0.25) is 0 Å². The molecule has 0 aliphatic heterocycles. The van der Waals surface area contributed by atoms with Gasteiger partial charge in [-0.3, -0.25) is 4.79 Å². The van der Waals surface area contributed by atoms with Crippen molar-refractivity contribution in [3.8, 4) is 0 Å². The Labute approximate surface area is 128 Å². The number of aryl methyl sites for hydroxylation is 1. The second-order valence-electron chi connectivity index (χ2n) is 4.65. The first-order valence-electron chi connectivity index (χ1n) is 6.78. The van der Waals surface area contributed by atoms with Crippen LogP contribution < -0.4 is 5.43 Å². The number of carbonyl (C=O) groups is 1. The molecule has 0 saturated heterocycles. The third-order valence-electron chi connectivity index (χ3n) is 3.06. The molecule has 1 aromatic heterocycles. The summed E-state index contributed by atoms with van der Waals surface area (Å²) < 4.78 is 5.11. The Hall–Kier alpha value is -2.07. The number of hydrazone groups is 1. The summed E-state index contributed by atoms with van der Waals surface area (Å²) in [7, 11) is 0. The number of carbonyl (C=O) groups excluding carboxylic acids is 1. The molecule has 5 heteroatoms. The van der Waals surface area contributed by atoms with Crippen LogP contribution in [0.25, 0.3) is 0 Å². The van der Waals surface area contributed by atoms with Crippen molar-refractivity contribution in [3.63, 3.8) is 0 Å². The predicted molar refractivity (Wildman–Crippen MR) is 83.8 cm³/mol. The normalized spacial score (nSPS) is 11.5. The number of amides is 1. The van der Waals surface area contributed by atoms with Crippen molar-refractivity contribution in [2.24, 2.45) is 5.10 Å². The molecule has 0 spiro atoms. The summed E-state index contributed by atoms with van der Waals surface area (Å²) in [6, 6.07) is 9.04. The molecule has 21 heavy (non-hydrogen) atoms. The van der Waals surface area contributed by atoms with Crippen LogP contribution in [0.2, 0.25) is 5.02 Å². The van der Waals surface area contributed by atoms with Crippen LogP contribution in [0.4, 0.5) is 0 Å². The van der Waals surface area contributed by atoms with Gasteiger partial charge in [-0.1, -0.05) is 37.1 Å². The smallest absolute Gasteiger partial charge is 0.274 e. The monoisotopic (exact) mass is 304 g/mol.